The Hall–Kier alpha value is -2.63. The Morgan fingerprint density at radius 1 is 1.30 bits per heavy atom. The SMILES string of the molecule is CCCc1cc(=O)oc2cc(OC(C)c3nc(C)no3)ccc12. The van der Waals surface area contributed by atoms with Crippen LogP contribution in [-0.2, 0) is 6.42 Å². The molecule has 6 heteroatoms. The molecule has 2 aromatic heterocycles. The monoisotopic (exact) mass is 314 g/mol. The van der Waals surface area contributed by atoms with Gasteiger partial charge in [-0.2, -0.15) is 4.98 Å². The van der Waals surface area contributed by atoms with Crippen LogP contribution in [0.1, 0.15) is 43.7 Å². The number of rotatable bonds is 5. The first-order chi connectivity index (χ1) is 11.1. The minimum Gasteiger partial charge on any atom is -0.481 e. The van der Waals surface area contributed by atoms with Crippen molar-refractivity contribution < 1.29 is 13.7 Å². The van der Waals surface area contributed by atoms with Crippen LogP contribution in [0.15, 0.2) is 38.0 Å². The van der Waals surface area contributed by atoms with Crippen molar-refractivity contribution in [3.05, 3.63) is 52.0 Å². The van der Waals surface area contributed by atoms with Crippen LogP contribution in [0.5, 0.6) is 5.75 Å². The van der Waals surface area contributed by atoms with E-state index < -0.39 is 0 Å². The van der Waals surface area contributed by atoms with Gasteiger partial charge in [0.25, 0.3) is 5.89 Å². The van der Waals surface area contributed by atoms with Gasteiger partial charge in [0.15, 0.2) is 11.9 Å². The predicted octanol–water partition coefficient (Wildman–Crippen LogP) is 3.58. The van der Waals surface area contributed by atoms with E-state index in [1.54, 1.807) is 19.1 Å². The lowest BCUT2D eigenvalue weighted by Crippen LogP contribution is -2.04. The standard InChI is InChI=1S/C17H18N2O4/c1-4-5-12-8-16(20)22-15-9-13(6-7-14(12)15)21-10(2)17-18-11(3)19-23-17/h6-10H,4-5H2,1-3H3. The molecule has 1 atom stereocenters. The van der Waals surface area contributed by atoms with Crippen LogP contribution in [0.2, 0.25) is 0 Å². The molecular weight excluding hydrogens is 296 g/mol. The zero-order chi connectivity index (χ0) is 16.4. The predicted molar refractivity (Wildman–Crippen MR) is 84.6 cm³/mol. The second-order valence-corrected chi connectivity index (χ2v) is 5.44. The Labute approximate surface area is 133 Å². The third-order valence-corrected chi connectivity index (χ3v) is 3.52. The number of benzene rings is 1. The summed E-state index contributed by atoms with van der Waals surface area (Å²) in [5.41, 5.74) is 1.16. The number of fused-ring (bicyclic) bond motifs is 1. The molecule has 0 saturated carbocycles. The Balaban J connectivity index is 1.92. The summed E-state index contributed by atoms with van der Waals surface area (Å²) in [6.45, 7) is 5.65. The van der Waals surface area contributed by atoms with Gasteiger partial charge in [0, 0.05) is 17.5 Å². The molecule has 0 N–H and O–H groups in total. The van der Waals surface area contributed by atoms with E-state index in [0.717, 1.165) is 23.8 Å². The largest absolute Gasteiger partial charge is 0.481 e. The summed E-state index contributed by atoms with van der Waals surface area (Å²) in [4.78, 5) is 15.8. The second kappa shape index (κ2) is 6.24. The highest BCUT2D eigenvalue weighted by Crippen LogP contribution is 2.26. The summed E-state index contributed by atoms with van der Waals surface area (Å²) >= 11 is 0. The zero-order valence-corrected chi connectivity index (χ0v) is 13.3. The topological polar surface area (TPSA) is 78.4 Å². The van der Waals surface area contributed by atoms with Gasteiger partial charge in [-0.25, -0.2) is 4.79 Å². The van der Waals surface area contributed by atoms with E-state index in [2.05, 4.69) is 17.1 Å². The molecular formula is C17H18N2O4. The quantitative estimate of drug-likeness (QED) is 0.670. The summed E-state index contributed by atoms with van der Waals surface area (Å²) in [6.07, 6.45) is 1.41. The van der Waals surface area contributed by atoms with Crippen molar-refractivity contribution in [1.29, 1.82) is 0 Å². The third-order valence-electron chi connectivity index (χ3n) is 3.52. The Bertz CT molecular complexity index is 882. The number of aryl methyl sites for hydroxylation is 2. The maximum atomic E-state index is 11.7. The molecule has 6 nitrogen and oxygen atoms in total. The molecule has 23 heavy (non-hydrogen) atoms. The molecule has 0 bridgehead atoms. The van der Waals surface area contributed by atoms with E-state index >= 15 is 0 Å². The lowest BCUT2D eigenvalue weighted by molar-refractivity contribution is 0.175. The number of hydrogen-bond acceptors (Lipinski definition) is 6. The fraction of sp³-hybridized carbons (Fsp3) is 0.353. The lowest BCUT2D eigenvalue weighted by atomic mass is 10.1. The van der Waals surface area contributed by atoms with Crippen LogP contribution in [0, 0.1) is 6.92 Å². The summed E-state index contributed by atoms with van der Waals surface area (Å²) in [5, 5.41) is 4.68. The van der Waals surface area contributed by atoms with Gasteiger partial charge < -0.3 is 13.7 Å². The van der Waals surface area contributed by atoms with E-state index in [1.165, 1.54) is 0 Å². The molecule has 0 aliphatic rings. The van der Waals surface area contributed by atoms with Crippen LogP contribution in [-0.4, -0.2) is 10.1 Å². The lowest BCUT2D eigenvalue weighted by Gasteiger charge is -2.11. The summed E-state index contributed by atoms with van der Waals surface area (Å²) < 4.78 is 16.2. The summed E-state index contributed by atoms with van der Waals surface area (Å²) in [5.74, 6) is 1.55. The first-order valence-corrected chi connectivity index (χ1v) is 7.60. The molecule has 2 heterocycles. The van der Waals surface area contributed by atoms with E-state index in [-0.39, 0.29) is 11.7 Å². The Morgan fingerprint density at radius 3 is 2.83 bits per heavy atom. The fourth-order valence-corrected chi connectivity index (χ4v) is 2.49. The van der Waals surface area contributed by atoms with Crippen molar-refractivity contribution in [3.63, 3.8) is 0 Å². The molecule has 3 aromatic rings. The smallest absolute Gasteiger partial charge is 0.336 e. The van der Waals surface area contributed by atoms with Crippen LogP contribution in [0.25, 0.3) is 11.0 Å². The van der Waals surface area contributed by atoms with Crippen LogP contribution >= 0.6 is 0 Å². The van der Waals surface area contributed by atoms with Gasteiger partial charge in [0.1, 0.15) is 11.3 Å². The van der Waals surface area contributed by atoms with Crippen molar-refractivity contribution in [3.8, 4) is 5.75 Å². The minimum absolute atomic E-state index is 0.348. The van der Waals surface area contributed by atoms with E-state index in [9.17, 15) is 4.79 Å². The van der Waals surface area contributed by atoms with Crippen molar-refractivity contribution in [2.75, 3.05) is 0 Å². The molecule has 0 fully saturated rings. The molecule has 1 unspecified atom stereocenters. The third kappa shape index (κ3) is 3.26. The minimum atomic E-state index is -0.390. The Kier molecular flexibility index (Phi) is 4.14. The number of aromatic nitrogens is 2. The van der Waals surface area contributed by atoms with Gasteiger partial charge in [-0.3, -0.25) is 0 Å². The average molecular weight is 314 g/mol. The zero-order valence-electron chi connectivity index (χ0n) is 13.3. The molecule has 0 spiro atoms. The van der Waals surface area contributed by atoms with Crippen LogP contribution in [0.4, 0.5) is 0 Å². The van der Waals surface area contributed by atoms with Crippen LogP contribution in [0.3, 0.4) is 0 Å². The molecule has 0 aliphatic heterocycles. The van der Waals surface area contributed by atoms with Gasteiger partial charge in [-0.1, -0.05) is 18.5 Å². The van der Waals surface area contributed by atoms with Crippen molar-refractivity contribution in [2.45, 2.75) is 39.7 Å². The maximum absolute atomic E-state index is 11.7. The van der Waals surface area contributed by atoms with Crippen molar-refractivity contribution in [1.82, 2.24) is 10.1 Å². The molecule has 0 radical (unpaired) electrons. The number of hydrogen-bond donors (Lipinski definition) is 0. The van der Waals surface area contributed by atoms with Gasteiger partial charge in [0.05, 0.1) is 0 Å². The van der Waals surface area contributed by atoms with Crippen molar-refractivity contribution >= 4 is 11.0 Å². The second-order valence-electron chi connectivity index (χ2n) is 5.44. The maximum Gasteiger partial charge on any atom is 0.336 e. The average Bonchev–Trinajstić information content (AvgIpc) is 2.94. The van der Waals surface area contributed by atoms with Gasteiger partial charge >= 0.3 is 5.63 Å². The molecule has 120 valence electrons. The van der Waals surface area contributed by atoms with Gasteiger partial charge in [-0.15, -0.1) is 0 Å². The summed E-state index contributed by atoms with van der Waals surface area (Å²) in [6, 6.07) is 7.03. The number of nitrogens with zero attached hydrogens (tertiary/aromatic N) is 2. The van der Waals surface area contributed by atoms with Crippen molar-refractivity contribution in [2.24, 2.45) is 0 Å². The molecule has 0 aliphatic carbocycles. The molecule has 0 amide bonds. The Morgan fingerprint density at radius 2 is 2.13 bits per heavy atom. The van der Waals surface area contributed by atoms with Gasteiger partial charge in [-0.05, 0) is 38.0 Å². The normalized spacial score (nSPS) is 12.5. The highest BCUT2D eigenvalue weighted by atomic mass is 16.5. The van der Waals surface area contributed by atoms with Gasteiger partial charge in [0.2, 0.25) is 0 Å². The first-order valence-electron chi connectivity index (χ1n) is 7.60. The van der Waals surface area contributed by atoms with Crippen LogP contribution < -0.4 is 10.4 Å². The van der Waals surface area contributed by atoms with E-state index in [4.69, 9.17) is 13.7 Å². The molecule has 1 aromatic carbocycles. The highest BCUT2D eigenvalue weighted by molar-refractivity contribution is 5.81. The fourth-order valence-electron chi connectivity index (χ4n) is 2.49. The molecule has 3 rings (SSSR count). The first kappa shape index (κ1) is 15.3. The summed E-state index contributed by atoms with van der Waals surface area (Å²) in [7, 11) is 0. The van der Waals surface area contributed by atoms with E-state index in [0.29, 0.717) is 23.0 Å². The highest BCUT2D eigenvalue weighted by Gasteiger charge is 2.15. The van der Waals surface area contributed by atoms with E-state index in [1.807, 2.05) is 19.1 Å². The molecule has 0 saturated heterocycles. The number of ether oxygens (including phenoxy) is 1.